The number of piperidine rings is 1. The maximum Gasteiger partial charge on any atom is 0.338 e. The summed E-state index contributed by atoms with van der Waals surface area (Å²) in [5, 5.41) is 15.2. The number of esters is 1. The molecule has 252 valence electrons. The van der Waals surface area contributed by atoms with E-state index in [1.807, 2.05) is 18.7 Å². The largest absolute Gasteiger partial charge is 0.478 e. The van der Waals surface area contributed by atoms with Gasteiger partial charge in [0, 0.05) is 61.5 Å². The number of aromatic nitrogens is 1. The van der Waals surface area contributed by atoms with Crippen LogP contribution in [0.2, 0.25) is 0 Å². The highest BCUT2D eigenvalue weighted by molar-refractivity contribution is 7.11. The third kappa shape index (κ3) is 6.00. The molecular formula is C35H37F2N5O5S. The molecule has 2 saturated heterocycles. The first kappa shape index (κ1) is 33.4. The van der Waals surface area contributed by atoms with Crippen LogP contribution in [0.1, 0.15) is 71.2 Å². The average molecular weight is 678 g/mol. The van der Waals surface area contributed by atoms with Gasteiger partial charge in [0.25, 0.3) is 5.91 Å². The van der Waals surface area contributed by atoms with Gasteiger partial charge in [0.15, 0.2) is 16.5 Å². The standard InChI is InChI=1S/C35H37F2N5O5S/c1-5-47-33(45)28-26(39-30(31-38-12-14-48-31)40-29(28)23-7-6-8-25(36)20(23)4)18-41-13-11-35(37)22(16-41)17-42(34(35)46)27-10-9-21(32(43)44)15-24(27)19(2)3/h6-10,12,14-15,19,22,29H,5,11,13,16-18H2,1-4H3,(H,39,40)(H,43,44)/t22-,29-,35+/m0/s1. The highest BCUT2D eigenvalue weighted by atomic mass is 32.1. The van der Waals surface area contributed by atoms with Gasteiger partial charge >= 0.3 is 11.9 Å². The number of carbonyl (C=O) groups is 3. The normalized spacial score (nSPS) is 22.9. The molecule has 3 aromatic rings. The van der Waals surface area contributed by atoms with E-state index in [9.17, 15) is 23.9 Å². The van der Waals surface area contributed by atoms with Crippen LogP contribution in [-0.4, -0.2) is 77.1 Å². The summed E-state index contributed by atoms with van der Waals surface area (Å²) in [6.45, 7) is 8.03. The third-order valence-electron chi connectivity index (χ3n) is 9.35. The highest BCUT2D eigenvalue weighted by Gasteiger charge is 2.57. The number of aliphatic imine (C=N–C) groups is 1. The van der Waals surface area contributed by atoms with E-state index in [0.29, 0.717) is 38.9 Å². The molecule has 2 N–H and O–H groups in total. The number of amides is 1. The van der Waals surface area contributed by atoms with E-state index in [1.165, 1.54) is 28.4 Å². The summed E-state index contributed by atoms with van der Waals surface area (Å²) in [5.41, 5.74) is 0.763. The number of halogens is 2. The van der Waals surface area contributed by atoms with E-state index in [0.717, 1.165) is 0 Å². The first-order valence-electron chi connectivity index (χ1n) is 15.9. The van der Waals surface area contributed by atoms with Crippen LogP contribution in [-0.2, 0) is 14.3 Å². The lowest BCUT2D eigenvalue weighted by Crippen LogP contribution is -2.52. The van der Waals surface area contributed by atoms with Crippen molar-refractivity contribution in [2.24, 2.45) is 10.9 Å². The minimum atomic E-state index is -2.09. The van der Waals surface area contributed by atoms with E-state index in [-0.39, 0.29) is 56.3 Å². The zero-order chi connectivity index (χ0) is 34.3. The Balaban J connectivity index is 1.33. The van der Waals surface area contributed by atoms with E-state index in [4.69, 9.17) is 9.73 Å². The summed E-state index contributed by atoms with van der Waals surface area (Å²) < 4.78 is 36.9. The number of aromatic carboxylic acids is 1. The Morgan fingerprint density at radius 2 is 2.02 bits per heavy atom. The number of hydrogen-bond donors (Lipinski definition) is 2. The number of ether oxygens (including phenoxy) is 1. The number of carbonyl (C=O) groups excluding carboxylic acids is 2. The number of carboxylic acids is 1. The van der Waals surface area contributed by atoms with Crippen LogP contribution in [0.3, 0.4) is 0 Å². The molecule has 2 fully saturated rings. The predicted octanol–water partition coefficient (Wildman–Crippen LogP) is 5.40. The van der Waals surface area contributed by atoms with Gasteiger partial charge in [-0.25, -0.2) is 23.4 Å². The summed E-state index contributed by atoms with van der Waals surface area (Å²) in [4.78, 5) is 51.6. The van der Waals surface area contributed by atoms with Crippen LogP contribution in [0.25, 0.3) is 0 Å². The van der Waals surface area contributed by atoms with Crippen molar-refractivity contribution in [2.45, 2.75) is 51.7 Å². The summed E-state index contributed by atoms with van der Waals surface area (Å²) >= 11 is 1.36. The van der Waals surface area contributed by atoms with Crippen molar-refractivity contribution < 1.29 is 33.0 Å². The number of alkyl halides is 1. The molecule has 0 saturated carbocycles. The fourth-order valence-electron chi connectivity index (χ4n) is 6.82. The number of nitrogens with one attached hydrogen (secondary N) is 1. The van der Waals surface area contributed by atoms with Gasteiger partial charge < -0.3 is 20.1 Å². The van der Waals surface area contributed by atoms with Crippen molar-refractivity contribution in [3.05, 3.63) is 92.3 Å². The summed E-state index contributed by atoms with van der Waals surface area (Å²) in [6, 6.07) is 8.36. The molecular weight excluding hydrogens is 640 g/mol. The first-order valence-corrected chi connectivity index (χ1v) is 16.8. The van der Waals surface area contributed by atoms with Crippen LogP contribution in [0.15, 0.2) is 64.2 Å². The van der Waals surface area contributed by atoms with Gasteiger partial charge in [-0.05, 0) is 60.7 Å². The fraction of sp³-hybridized carbons (Fsp3) is 0.400. The zero-order valence-electron chi connectivity index (χ0n) is 27.1. The van der Waals surface area contributed by atoms with Gasteiger partial charge in [-0.15, -0.1) is 11.3 Å². The van der Waals surface area contributed by atoms with Crippen molar-refractivity contribution in [3.63, 3.8) is 0 Å². The molecule has 0 spiro atoms. The molecule has 4 heterocycles. The second-order valence-corrected chi connectivity index (χ2v) is 13.5. The Morgan fingerprint density at radius 1 is 1.23 bits per heavy atom. The van der Waals surface area contributed by atoms with Gasteiger partial charge in [-0.2, -0.15) is 0 Å². The molecule has 1 amide bonds. The number of thiazole rings is 1. The number of benzene rings is 2. The molecule has 3 atom stereocenters. The molecule has 48 heavy (non-hydrogen) atoms. The predicted molar refractivity (Wildman–Crippen MR) is 178 cm³/mol. The second kappa shape index (κ2) is 13.2. The Kier molecular flexibility index (Phi) is 9.18. The van der Waals surface area contributed by atoms with Crippen molar-refractivity contribution in [1.29, 1.82) is 0 Å². The molecule has 0 bridgehead atoms. The minimum Gasteiger partial charge on any atom is -0.478 e. The quantitative estimate of drug-likeness (QED) is 0.289. The molecule has 0 aliphatic carbocycles. The highest BCUT2D eigenvalue weighted by Crippen LogP contribution is 2.44. The molecule has 1 aromatic heterocycles. The number of fused-ring (bicyclic) bond motifs is 1. The van der Waals surface area contributed by atoms with Crippen molar-refractivity contribution in [3.8, 4) is 0 Å². The van der Waals surface area contributed by atoms with Crippen LogP contribution in [0, 0.1) is 18.7 Å². The Bertz CT molecular complexity index is 1830. The van der Waals surface area contributed by atoms with Crippen LogP contribution < -0.4 is 10.2 Å². The van der Waals surface area contributed by atoms with E-state index >= 15 is 4.39 Å². The zero-order valence-corrected chi connectivity index (χ0v) is 27.9. The Morgan fingerprint density at radius 3 is 2.71 bits per heavy atom. The lowest BCUT2D eigenvalue weighted by Gasteiger charge is -2.38. The molecule has 0 unspecified atom stereocenters. The number of anilines is 1. The van der Waals surface area contributed by atoms with Crippen molar-refractivity contribution >= 4 is 40.7 Å². The number of rotatable bonds is 9. The first-order chi connectivity index (χ1) is 22.9. The molecule has 3 aliphatic rings. The minimum absolute atomic E-state index is 0.0564. The number of likely N-dealkylation sites (tertiary alicyclic amines) is 1. The molecule has 3 aliphatic heterocycles. The van der Waals surface area contributed by atoms with Gasteiger partial charge in [-0.3, -0.25) is 14.7 Å². The molecule has 10 nitrogen and oxygen atoms in total. The number of hydrogen-bond acceptors (Lipinski definition) is 9. The SMILES string of the molecule is CCOC(=O)C1=C(CN2CC[C@]3(F)C(=O)N(c4ccc(C(=O)O)cc4C(C)C)C[C@@H]3C2)NC(c2nccs2)=N[C@H]1c1cccc(F)c1C. The number of carboxylic acid groups (broad SMARTS) is 1. The van der Waals surface area contributed by atoms with Gasteiger partial charge in [0.1, 0.15) is 11.9 Å². The van der Waals surface area contributed by atoms with Gasteiger partial charge in [0.2, 0.25) is 0 Å². The summed E-state index contributed by atoms with van der Waals surface area (Å²) in [6.07, 6.45) is 1.59. The molecule has 13 heteroatoms. The van der Waals surface area contributed by atoms with E-state index in [2.05, 4.69) is 10.3 Å². The van der Waals surface area contributed by atoms with E-state index < -0.39 is 41.3 Å². The fourth-order valence-corrected chi connectivity index (χ4v) is 7.41. The summed E-state index contributed by atoms with van der Waals surface area (Å²) in [5.74, 6) is -3.08. The third-order valence-corrected chi connectivity index (χ3v) is 10.1. The van der Waals surface area contributed by atoms with Gasteiger partial charge in [-0.1, -0.05) is 26.0 Å². The average Bonchev–Trinajstić information content (AvgIpc) is 3.69. The van der Waals surface area contributed by atoms with Crippen LogP contribution >= 0.6 is 11.3 Å². The lowest BCUT2D eigenvalue weighted by atomic mass is 9.84. The maximum absolute atomic E-state index is 16.6. The summed E-state index contributed by atoms with van der Waals surface area (Å²) in [7, 11) is 0. The number of amidine groups is 1. The Hall–Kier alpha value is -4.49. The smallest absolute Gasteiger partial charge is 0.338 e. The topological polar surface area (TPSA) is 124 Å². The van der Waals surface area contributed by atoms with Crippen LogP contribution in [0.4, 0.5) is 14.5 Å². The molecule has 0 radical (unpaired) electrons. The molecule has 6 rings (SSSR count). The molecule has 2 aromatic carbocycles. The van der Waals surface area contributed by atoms with Crippen molar-refractivity contribution in [1.82, 2.24) is 15.2 Å². The monoisotopic (exact) mass is 677 g/mol. The number of nitrogens with zero attached hydrogens (tertiary/aromatic N) is 4. The van der Waals surface area contributed by atoms with Gasteiger partial charge in [0.05, 0.1) is 17.7 Å². The second-order valence-electron chi connectivity index (χ2n) is 12.6. The van der Waals surface area contributed by atoms with E-state index in [1.54, 1.807) is 49.7 Å². The van der Waals surface area contributed by atoms with Crippen LogP contribution in [0.5, 0.6) is 0 Å². The lowest BCUT2D eigenvalue weighted by molar-refractivity contribution is -0.139. The van der Waals surface area contributed by atoms with Crippen molar-refractivity contribution in [2.75, 3.05) is 37.7 Å². The Labute approximate surface area is 281 Å². The maximum atomic E-state index is 16.6.